The molecule has 0 saturated heterocycles. The number of sulfonamides is 1. The Labute approximate surface area is 68.9 Å². The molecule has 0 amide bonds. The van der Waals surface area contributed by atoms with E-state index in [1.54, 1.807) is 6.92 Å². The van der Waals surface area contributed by atoms with Crippen LogP contribution in [-0.2, 0) is 10.0 Å². The summed E-state index contributed by atoms with van der Waals surface area (Å²) in [5.41, 5.74) is 5.90. The van der Waals surface area contributed by atoms with Crippen LogP contribution in [0.2, 0.25) is 0 Å². The lowest BCUT2D eigenvalue weighted by Gasteiger charge is -1.87. The highest BCUT2D eigenvalue weighted by Gasteiger charge is 2.12. The van der Waals surface area contributed by atoms with E-state index in [0.717, 1.165) is 16.2 Å². The van der Waals surface area contributed by atoms with E-state index in [-0.39, 0.29) is 4.21 Å². The van der Waals surface area contributed by atoms with Crippen LogP contribution in [0.15, 0.2) is 10.3 Å². The van der Waals surface area contributed by atoms with Gasteiger partial charge in [0, 0.05) is 10.6 Å². The Bertz CT molecular complexity index is 346. The maximum absolute atomic E-state index is 10.7. The summed E-state index contributed by atoms with van der Waals surface area (Å²) in [5, 5.41) is 4.87. The molecule has 62 valence electrons. The normalized spacial score (nSPS) is 11.8. The van der Waals surface area contributed by atoms with Crippen LogP contribution in [0.1, 0.15) is 4.88 Å². The number of nitrogens with two attached hydrogens (primary N) is 2. The van der Waals surface area contributed by atoms with Gasteiger partial charge in [-0.05, 0) is 13.0 Å². The highest BCUT2D eigenvalue weighted by Crippen LogP contribution is 2.25. The molecule has 1 aromatic rings. The molecule has 11 heavy (non-hydrogen) atoms. The molecule has 0 aromatic carbocycles. The van der Waals surface area contributed by atoms with Crippen LogP contribution >= 0.6 is 11.3 Å². The zero-order valence-corrected chi connectivity index (χ0v) is 7.50. The molecule has 1 rings (SSSR count). The lowest BCUT2D eigenvalue weighted by Crippen LogP contribution is -2.09. The highest BCUT2D eigenvalue weighted by atomic mass is 32.2. The fourth-order valence-electron chi connectivity index (χ4n) is 0.608. The fraction of sp³-hybridized carbons (Fsp3) is 0.200. The predicted octanol–water partition coefficient (Wildman–Crippen LogP) is 0.286. The number of rotatable bonds is 1. The first kappa shape index (κ1) is 8.51. The van der Waals surface area contributed by atoms with E-state index in [4.69, 9.17) is 10.9 Å². The first-order valence-electron chi connectivity index (χ1n) is 2.80. The summed E-state index contributed by atoms with van der Waals surface area (Å²) in [6, 6.07) is 1.37. The first-order chi connectivity index (χ1) is 4.91. The van der Waals surface area contributed by atoms with Crippen molar-refractivity contribution >= 4 is 27.0 Å². The Hall–Kier alpha value is -0.590. The van der Waals surface area contributed by atoms with Crippen LogP contribution in [-0.4, -0.2) is 8.42 Å². The third-order valence-electron chi connectivity index (χ3n) is 1.21. The molecule has 0 spiro atoms. The number of primary sulfonamides is 1. The molecule has 4 nitrogen and oxygen atoms in total. The molecule has 0 saturated carbocycles. The number of aryl methyl sites for hydroxylation is 1. The molecule has 1 heterocycles. The molecule has 0 aliphatic carbocycles. The lowest BCUT2D eigenvalue weighted by molar-refractivity contribution is 0.600. The molecular weight excluding hydrogens is 184 g/mol. The molecule has 0 atom stereocenters. The van der Waals surface area contributed by atoms with Gasteiger partial charge in [-0.15, -0.1) is 11.3 Å². The minimum Gasteiger partial charge on any atom is -0.398 e. The minimum atomic E-state index is -3.57. The average Bonchev–Trinajstić information content (AvgIpc) is 2.11. The molecule has 0 aliphatic rings. The Balaban J connectivity index is 3.29. The second kappa shape index (κ2) is 2.47. The maximum Gasteiger partial charge on any atom is 0.247 e. The van der Waals surface area contributed by atoms with Crippen LogP contribution in [0.3, 0.4) is 0 Å². The van der Waals surface area contributed by atoms with Crippen molar-refractivity contribution in [1.82, 2.24) is 0 Å². The van der Waals surface area contributed by atoms with Crippen LogP contribution in [0, 0.1) is 6.92 Å². The quantitative estimate of drug-likeness (QED) is 0.670. The monoisotopic (exact) mass is 192 g/mol. The van der Waals surface area contributed by atoms with Gasteiger partial charge < -0.3 is 5.73 Å². The Morgan fingerprint density at radius 3 is 2.27 bits per heavy atom. The number of thiophene rings is 1. The van der Waals surface area contributed by atoms with Crippen LogP contribution < -0.4 is 10.9 Å². The summed E-state index contributed by atoms with van der Waals surface area (Å²) in [6.07, 6.45) is 0. The molecule has 0 bridgehead atoms. The largest absolute Gasteiger partial charge is 0.398 e. The van der Waals surface area contributed by atoms with Gasteiger partial charge in [-0.3, -0.25) is 0 Å². The zero-order valence-electron chi connectivity index (χ0n) is 5.87. The van der Waals surface area contributed by atoms with Gasteiger partial charge in [0.1, 0.15) is 4.21 Å². The van der Waals surface area contributed by atoms with Crippen molar-refractivity contribution < 1.29 is 8.42 Å². The van der Waals surface area contributed by atoms with Gasteiger partial charge in [0.15, 0.2) is 0 Å². The van der Waals surface area contributed by atoms with Crippen molar-refractivity contribution in [3.05, 3.63) is 10.9 Å². The van der Waals surface area contributed by atoms with Crippen molar-refractivity contribution in [3.8, 4) is 0 Å². The molecule has 0 unspecified atom stereocenters. The number of hydrogen-bond acceptors (Lipinski definition) is 4. The predicted molar refractivity (Wildman–Crippen MR) is 44.8 cm³/mol. The third kappa shape index (κ3) is 1.70. The standard InChI is InChI=1S/C5H8N2O2S2/c1-3-4(6)2-5(10-3)11(7,8)9/h2H,6H2,1H3,(H2,7,8,9). The van der Waals surface area contributed by atoms with E-state index in [2.05, 4.69) is 0 Å². The molecule has 4 N–H and O–H groups in total. The zero-order chi connectivity index (χ0) is 8.65. The van der Waals surface area contributed by atoms with Crippen molar-refractivity contribution in [3.63, 3.8) is 0 Å². The van der Waals surface area contributed by atoms with Gasteiger partial charge >= 0.3 is 0 Å². The van der Waals surface area contributed by atoms with E-state index >= 15 is 0 Å². The Kier molecular flexibility index (Phi) is 1.91. The van der Waals surface area contributed by atoms with E-state index in [1.807, 2.05) is 0 Å². The highest BCUT2D eigenvalue weighted by molar-refractivity contribution is 7.91. The minimum absolute atomic E-state index is 0.118. The van der Waals surface area contributed by atoms with E-state index in [0.29, 0.717) is 5.69 Å². The second-order valence-electron chi connectivity index (χ2n) is 2.12. The van der Waals surface area contributed by atoms with Crippen molar-refractivity contribution in [1.29, 1.82) is 0 Å². The van der Waals surface area contributed by atoms with E-state index in [1.165, 1.54) is 6.07 Å². The maximum atomic E-state index is 10.7. The van der Waals surface area contributed by atoms with Crippen molar-refractivity contribution in [2.24, 2.45) is 5.14 Å². The van der Waals surface area contributed by atoms with Crippen LogP contribution in [0.4, 0.5) is 5.69 Å². The van der Waals surface area contributed by atoms with Gasteiger partial charge in [0.2, 0.25) is 10.0 Å². The summed E-state index contributed by atoms with van der Waals surface area (Å²) in [6.45, 7) is 1.74. The molecule has 6 heteroatoms. The lowest BCUT2D eigenvalue weighted by atomic mass is 10.4. The molecule has 0 radical (unpaired) electrons. The molecule has 1 aromatic heterocycles. The smallest absolute Gasteiger partial charge is 0.247 e. The average molecular weight is 192 g/mol. The van der Waals surface area contributed by atoms with Gasteiger partial charge in [0.05, 0.1) is 0 Å². The Morgan fingerprint density at radius 2 is 2.09 bits per heavy atom. The third-order valence-corrected chi connectivity index (χ3v) is 3.70. The summed E-state index contributed by atoms with van der Waals surface area (Å²) >= 11 is 1.08. The number of hydrogen-bond donors (Lipinski definition) is 2. The van der Waals surface area contributed by atoms with E-state index in [9.17, 15) is 8.42 Å². The van der Waals surface area contributed by atoms with E-state index < -0.39 is 10.0 Å². The summed E-state index contributed by atoms with van der Waals surface area (Å²) in [5.74, 6) is 0. The summed E-state index contributed by atoms with van der Waals surface area (Å²) in [4.78, 5) is 0.772. The van der Waals surface area contributed by atoms with Gasteiger partial charge in [0.25, 0.3) is 0 Å². The molecule has 0 fully saturated rings. The summed E-state index contributed by atoms with van der Waals surface area (Å²) < 4.78 is 21.6. The first-order valence-corrected chi connectivity index (χ1v) is 5.16. The van der Waals surface area contributed by atoms with Gasteiger partial charge in [-0.25, -0.2) is 13.6 Å². The topological polar surface area (TPSA) is 86.2 Å². The van der Waals surface area contributed by atoms with Crippen molar-refractivity contribution in [2.45, 2.75) is 11.1 Å². The molecular formula is C5H8N2O2S2. The van der Waals surface area contributed by atoms with Gasteiger partial charge in [-0.2, -0.15) is 0 Å². The van der Waals surface area contributed by atoms with Gasteiger partial charge in [-0.1, -0.05) is 0 Å². The molecule has 0 aliphatic heterocycles. The number of nitrogen functional groups attached to an aromatic ring is 1. The van der Waals surface area contributed by atoms with Crippen LogP contribution in [0.5, 0.6) is 0 Å². The van der Waals surface area contributed by atoms with Crippen molar-refractivity contribution in [2.75, 3.05) is 5.73 Å². The fourth-order valence-corrected chi connectivity index (χ4v) is 2.40. The second-order valence-corrected chi connectivity index (χ2v) is 5.17. The number of anilines is 1. The SMILES string of the molecule is Cc1sc(S(N)(=O)=O)cc1N. The van der Waals surface area contributed by atoms with Crippen LogP contribution in [0.25, 0.3) is 0 Å². The Morgan fingerprint density at radius 1 is 1.55 bits per heavy atom. The summed E-state index contributed by atoms with van der Waals surface area (Å²) in [7, 11) is -3.57.